The van der Waals surface area contributed by atoms with Crippen LogP contribution in [0, 0.1) is 5.92 Å². The average Bonchev–Trinajstić information content (AvgIpc) is 3.02. The molecule has 0 saturated carbocycles. The molecule has 2 saturated heterocycles. The van der Waals surface area contributed by atoms with E-state index in [0.717, 1.165) is 37.8 Å². The van der Waals surface area contributed by atoms with Gasteiger partial charge in [0.2, 0.25) is 0 Å². The highest BCUT2D eigenvalue weighted by atomic mass is 16.2. The molecule has 0 aromatic heterocycles. The van der Waals surface area contributed by atoms with Crippen LogP contribution in [-0.2, 0) is 4.79 Å². The Bertz CT molecular complexity index is 494. The largest absolute Gasteiger partial charge is 0.372 e. The van der Waals surface area contributed by atoms with Crippen LogP contribution in [0.25, 0.3) is 0 Å². The molecule has 0 bridgehead atoms. The number of piperidine rings is 1. The molecule has 2 atom stereocenters. The minimum absolute atomic E-state index is 0.137. The molecule has 0 spiro atoms. The number of nitrogens with one attached hydrogen (secondary N) is 2. The fourth-order valence-corrected chi connectivity index (χ4v) is 3.72. The average molecular weight is 302 g/mol. The third kappa shape index (κ3) is 4.01. The Morgan fingerprint density at radius 1 is 1.23 bits per heavy atom. The smallest absolute Gasteiger partial charge is 0.279 e. The summed E-state index contributed by atoms with van der Waals surface area (Å²) in [6, 6.07) is 8.30. The van der Waals surface area contributed by atoms with Gasteiger partial charge in [-0.2, -0.15) is 0 Å². The summed E-state index contributed by atoms with van der Waals surface area (Å²) in [6.45, 7) is 7.45. The van der Waals surface area contributed by atoms with Gasteiger partial charge in [-0.05, 0) is 49.9 Å². The van der Waals surface area contributed by atoms with E-state index in [9.17, 15) is 4.79 Å². The lowest BCUT2D eigenvalue weighted by Crippen LogP contribution is -3.14. The van der Waals surface area contributed by atoms with E-state index in [1.54, 1.807) is 0 Å². The van der Waals surface area contributed by atoms with Gasteiger partial charge in [-0.1, -0.05) is 6.92 Å². The second-order valence-corrected chi connectivity index (χ2v) is 6.92. The van der Waals surface area contributed by atoms with Crippen LogP contribution in [0.3, 0.4) is 0 Å². The third-order valence-electron chi connectivity index (χ3n) is 4.90. The zero-order valence-corrected chi connectivity index (χ0v) is 13.6. The molecule has 2 aliphatic rings. The van der Waals surface area contributed by atoms with Crippen molar-refractivity contribution in [3.05, 3.63) is 24.3 Å². The summed E-state index contributed by atoms with van der Waals surface area (Å²) in [4.78, 5) is 16.0. The van der Waals surface area contributed by atoms with Crippen LogP contribution in [0.2, 0.25) is 0 Å². The van der Waals surface area contributed by atoms with Crippen molar-refractivity contribution in [1.82, 2.24) is 0 Å². The van der Waals surface area contributed by atoms with Crippen molar-refractivity contribution < 1.29 is 9.69 Å². The number of quaternary nitrogens is 1. The maximum atomic E-state index is 12.2. The number of likely N-dealkylation sites (tertiary alicyclic amines) is 1. The van der Waals surface area contributed by atoms with Gasteiger partial charge in [0.25, 0.3) is 5.91 Å². The molecule has 0 radical (unpaired) electrons. The molecule has 4 nitrogen and oxygen atoms in total. The van der Waals surface area contributed by atoms with E-state index in [-0.39, 0.29) is 5.91 Å². The molecule has 1 aromatic carbocycles. The molecule has 4 heteroatoms. The van der Waals surface area contributed by atoms with E-state index < -0.39 is 0 Å². The van der Waals surface area contributed by atoms with Gasteiger partial charge < -0.3 is 15.1 Å². The molecule has 1 unspecified atom stereocenters. The first-order valence-electron chi connectivity index (χ1n) is 8.69. The summed E-state index contributed by atoms with van der Waals surface area (Å²) < 4.78 is 0. The predicted molar refractivity (Wildman–Crippen MR) is 90.5 cm³/mol. The number of benzene rings is 1. The van der Waals surface area contributed by atoms with Crippen LogP contribution in [0.5, 0.6) is 0 Å². The van der Waals surface area contributed by atoms with E-state index in [4.69, 9.17) is 0 Å². The SMILES string of the molecule is C[C@H]1CCC[NH+](CC(=O)Nc2ccc(N3CCCC3)cc2)C1. The van der Waals surface area contributed by atoms with Crippen molar-refractivity contribution in [2.75, 3.05) is 42.9 Å². The Labute approximate surface area is 133 Å². The second kappa shape index (κ2) is 7.14. The van der Waals surface area contributed by atoms with Crippen LogP contribution < -0.4 is 15.1 Å². The maximum absolute atomic E-state index is 12.2. The Hall–Kier alpha value is -1.55. The van der Waals surface area contributed by atoms with Gasteiger partial charge in [-0.15, -0.1) is 0 Å². The fraction of sp³-hybridized carbons (Fsp3) is 0.611. The normalized spacial score (nSPS) is 25.2. The highest BCUT2D eigenvalue weighted by Gasteiger charge is 2.22. The molecule has 2 aliphatic heterocycles. The van der Waals surface area contributed by atoms with E-state index in [2.05, 4.69) is 29.3 Å². The Balaban J connectivity index is 1.50. The lowest BCUT2D eigenvalue weighted by molar-refractivity contribution is -0.900. The molecule has 1 amide bonds. The van der Waals surface area contributed by atoms with E-state index in [0.29, 0.717) is 6.54 Å². The number of nitrogens with zero attached hydrogens (tertiary/aromatic N) is 1. The fourth-order valence-electron chi connectivity index (χ4n) is 3.72. The molecule has 3 rings (SSSR count). The molecule has 120 valence electrons. The minimum atomic E-state index is 0.137. The number of anilines is 2. The summed E-state index contributed by atoms with van der Waals surface area (Å²) >= 11 is 0. The van der Waals surface area contributed by atoms with Crippen molar-refractivity contribution in [2.24, 2.45) is 5.92 Å². The van der Waals surface area contributed by atoms with Crippen molar-refractivity contribution in [2.45, 2.75) is 32.6 Å². The first-order valence-corrected chi connectivity index (χ1v) is 8.69. The Kier molecular flexibility index (Phi) is 4.98. The van der Waals surface area contributed by atoms with Gasteiger partial charge in [0.1, 0.15) is 0 Å². The van der Waals surface area contributed by atoms with Crippen LogP contribution in [-0.4, -0.2) is 38.6 Å². The summed E-state index contributed by atoms with van der Waals surface area (Å²) in [5.41, 5.74) is 2.18. The molecular weight excluding hydrogens is 274 g/mol. The third-order valence-corrected chi connectivity index (χ3v) is 4.90. The van der Waals surface area contributed by atoms with Crippen LogP contribution in [0.15, 0.2) is 24.3 Å². The van der Waals surface area contributed by atoms with Crippen molar-refractivity contribution in [3.8, 4) is 0 Å². The number of rotatable bonds is 4. The molecule has 1 aromatic rings. The van der Waals surface area contributed by atoms with Crippen molar-refractivity contribution in [3.63, 3.8) is 0 Å². The highest BCUT2D eigenvalue weighted by molar-refractivity contribution is 5.91. The van der Waals surface area contributed by atoms with E-state index >= 15 is 0 Å². The van der Waals surface area contributed by atoms with Gasteiger partial charge in [0.05, 0.1) is 13.1 Å². The number of hydrogen-bond donors (Lipinski definition) is 2. The van der Waals surface area contributed by atoms with Crippen LogP contribution >= 0.6 is 0 Å². The van der Waals surface area contributed by atoms with Gasteiger partial charge in [0, 0.05) is 30.4 Å². The lowest BCUT2D eigenvalue weighted by Gasteiger charge is -2.27. The zero-order valence-electron chi connectivity index (χ0n) is 13.6. The van der Waals surface area contributed by atoms with E-state index in [1.165, 1.54) is 36.3 Å². The lowest BCUT2D eigenvalue weighted by atomic mass is 10.0. The molecular formula is C18H28N3O+. The van der Waals surface area contributed by atoms with E-state index in [1.807, 2.05) is 12.1 Å². The number of carbonyl (C=O) groups is 1. The predicted octanol–water partition coefficient (Wildman–Crippen LogP) is 1.54. The maximum Gasteiger partial charge on any atom is 0.279 e. The molecule has 2 N–H and O–H groups in total. The summed E-state index contributed by atoms with van der Waals surface area (Å²) in [6.07, 6.45) is 5.13. The summed E-state index contributed by atoms with van der Waals surface area (Å²) in [5, 5.41) is 3.04. The van der Waals surface area contributed by atoms with Crippen LogP contribution in [0.1, 0.15) is 32.6 Å². The molecule has 2 fully saturated rings. The monoisotopic (exact) mass is 302 g/mol. The van der Waals surface area contributed by atoms with Gasteiger partial charge >= 0.3 is 0 Å². The van der Waals surface area contributed by atoms with Gasteiger partial charge in [0.15, 0.2) is 6.54 Å². The second-order valence-electron chi connectivity index (χ2n) is 6.92. The molecule has 22 heavy (non-hydrogen) atoms. The first-order chi connectivity index (χ1) is 10.7. The van der Waals surface area contributed by atoms with Crippen LogP contribution in [0.4, 0.5) is 11.4 Å². The van der Waals surface area contributed by atoms with Gasteiger partial charge in [-0.3, -0.25) is 4.79 Å². The molecule has 2 heterocycles. The van der Waals surface area contributed by atoms with Gasteiger partial charge in [-0.25, -0.2) is 0 Å². The number of amides is 1. The topological polar surface area (TPSA) is 36.8 Å². The quantitative estimate of drug-likeness (QED) is 0.885. The van der Waals surface area contributed by atoms with Crippen molar-refractivity contribution in [1.29, 1.82) is 0 Å². The number of carbonyl (C=O) groups excluding carboxylic acids is 1. The Morgan fingerprint density at radius 2 is 1.95 bits per heavy atom. The highest BCUT2D eigenvalue weighted by Crippen LogP contribution is 2.21. The zero-order chi connectivity index (χ0) is 15.4. The first kappa shape index (κ1) is 15.3. The summed E-state index contributed by atoms with van der Waals surface area (Å²) in [7, 11) is 0. The Morgan fingerprint density at radius 3 is 2.64 bits per heavy atom. The minimum Gasteiger partial charge on any atom is -0.372 e. The van der Waals surface area contributed by atoms with Crippen molar-refractivity contribution >= 4 is 17.3 Å². The standard InChI is InChI=1S/C18H27N3O/c1-15-5-4-10-20(13-15)14-18(22)19-16-6-8-17(9-7-16)21-11-2-3-12-21/h6-9,15H,2-5,10-14H2,1H3,(H,19,22)/p+1/t15-/m0/s1. The number of hydrogen-bond acceptors (Lipinski definition) is 2. The summed E-state index contributed by atoms with van der Waals surface area (Å²) in [5.74, 6) is 0.884. The molecule has 0 aliphatic carbocycles.